The first-order valence-corrected chi connectivity index (χ1v) is 7.81. The van der Waals surface area contributed by atoms with E-state index in [4.69, 9.17) is 4.74 Å². The van der Waals surface area contributed by atoms with Crippen LogP contribution in [0.15, 0.2) is 12.7 Å². The largest absolute Gasteiger partial charge is 0.748 e. The van der Waals surface area contributed by atoms with E-state index < -0.39 is 16.2 Å². The minimum absolute atomic E-state index is 0.115. The van der Waals surface area contributed by atoms with Crippen LogP contribution in [0.25, 0.3) is 0 Å². The van der Waals surface area contributed by atoms with Crippen LogP contribution in [0.2, 0.25) is 0 Å². The first kappa shape index (κ1) is 18.5. The third-order valence-corrected chi connectivity index (χ3v) is 3.53. The Morgan fingerprint density at radius 1 is 1.47 bits per heavy atom. The number of ether oxygens (including phenoxy) is 1. The average Bonchev–Trinajstić information content (AvgIpc) is 2.22. The van der Waals surface area contributed by atoms with Crippen LogP contribution in [0.5, 0.6) is 0 Å². The molecule has 0 saturated carbocycles. The van der Waals surface area contributed by atoms with Crippen LogP contribution in [-0.4, -0.2) is 74.3 Å². The maximum atomic E-state index is 10.5. The molecule has 0 rings (SSSR count). The Morgan fingerprint density at radius 3 is 2.53 bits per heavy atom. The normalized spacial score (nSPS) is 16.1. The molecule has 0 heterocycles. The zero-order chi connectivity index (χ0) is 15.1. The molecular weight excluding hydrogens is 270 g/mol. The first-order chi connectivity index (χ1) is 8.56. The van der Waals surface area contributed by atoms with Crippen LogP contribution in [0.1, 0.15) is 13.3 Å². The van der Waals surface area contributed by atoms with Crippen molar-refractivity contribution < 1.29 is 27.3 Å². The molecule has 0 saturated heterocycles. The van der Waals surface area contributed by atoms with Crippen LogP contribution in [0.3, 0.4) is 0 Å². The molecule has 7 heteroatoms. The number of aliphatic hydroxyl groups is 1. The Morgan fingerprint density at radius 2 is 2.05 bits per heavy atom. The summed E-state index contributed by atoms with van der Waals surface area (Å²) in [5.41, 5.74) is 0. The highest BCUT2D eigenvalue weighted by molar-refractivity contribution is 7.85. The zero-order valence-electron chi connectivity index (χ0n) is 11.9. The molecule has 0 aliphatic carbocycles. The summed E-state index contributed by atoms with van der Waals surface area (Å²) in [5, 5.41) is 9.83. The van der Waals surface area contributed by atoms with E-state index >= 15 is 0 Å². The number of nitrogens with zero attached hydrogens (tertiary/aromatic N) is 1. The van der Waals surface area contributed by atoms with E-state index in [2.05, 4.69) is 6.58 Å². The van der Waals surface area contributed by atoms with Gasteiger partial charge in [-0.05, 0) is 6.92 Å². The number of rotatable bonds is 10. The predicted octanol–water partition coefficient (Wildman–Crippen LogP) is -0.0499. The summed E-state index contributed by atoms with van der Waals surface area (Å²) in [6, 6.07) is 0. The molecule has 0 aromatic rings. The number of hydrogen-bond acceptors (Lipinski definition) is 5. The van der Waals surface area contributed by atoms with Gasteiger partial charge < -0.3 is 18.9 Å². The lowest BCUT2D eigenvalue weighted by Crippen LogP contribution is -2.47. The molecule has 2 unspecified atom stereocenters. The Labute approximate surface area is 116 Å². The van der Waals surface area contributed by atoms with Gasteiger partial charge in [-0.25, -0.2) is 8.42 Å². The molecule has 0 bridgehead atoms. The van der Waals surface area contributed by atoms with Crippen LogP contribution < -0.4 is 0 Å². The topological polar surface area (TPSA) is 86.7 Å². The highest BCUT2D eigenvalue weighted by Gasteiger charge is 2.21. The van der Waals surface area contributed by atoms with Crippen molar-refractivity contribution in [1.82, 2.24) is 0 Å². The van der Waals surface area contributed by atoms with E-state index in [9.17, 15) is 18.1 Å². The van der Waals surface area contributed by atoms with Crippen molar-refractivity contribution in [2.24, 2.45) is 0 Å². The molecule has 0 aromatic heterocycles. The molecule has 19 heavy (non-hydrogen) atoms. The van der Waals surface area contributed by atoms with Crippen LogP contribution in [0.4, 0.5) is 0 Å². The molecule has 0 aromatic carbocycles. The molecule has 0 aliphatic heterocycles. The predicted molar refractivity (Wildman–Crippen MR) is 72.6 cm³/mol. The molecule has 6 nitrogen and oxygen atoms in total. The molecule has 0 aliphatic rings. The summed E-state index contributed by atoms with van der Waals surface area (Å²) in [6.45, 7) is 6.56. The lowest BCUT2D eigenvalue weighted by Gasteiger charge is -2.32. The average molecular weight is 295 g/mol. The van der Waals surface area contributed by atoms with Gasteiger partial charge in [0.1, 0.15) is 12.6 Å². The van der Waals surface area contributed by atoms with Crippen molar-refractivity contribution in [1.29, 1.82) is 0 Å². The van der Waals surface area contributed by atoms with Crippen LogP contribution >= 0.6 is 0 Å². The minimum Gasteiger partial charge on any atom is -0.748 e. The van der Waals surface area contributed by atoms with Gasteiger partial charge in [0.15, 0.2) is 0 Å². The van der Waals surface area contributed by atoms with Gasteiger partial charge in [-0.15, -0.1) is 6.58 Å². The quantitative estimate of drug-likeness (QED) is 0.347. The number of hydrogen-bond donors (Lipinski definition) is 1. The summed E-state index contributed by atoms with van der Waals surface area (Å²) >= 11 is 0. The highest BCUT2D eigenvalue weighted by Crippen LogP contribution is 2.04. The van der Waals surface area contributed by atoms with Gasteiger partial charge in [0.2, 0.25) is 0 Å². The summed E-state index contributed by atoms with van der Waals surface area (Å²) in [7, 11) is -0.413. The van der Waals surface area contributed by atoms with Crippen LogP contribution in [0, 0.1) is 0 Å². The maximum Gasteiger partial charge on any atom is 0.126 e. The summed E-state index contributed by atoms with van der Waals surface area (Å²) in [5.74, 6) is -0.366. The SMILES string of the molecule is C=CC(C)OCC(O)C[N+](C)(C)CCCS(=O)(=O)[O-]. The lowest BCUT2D eigenvalue weighted by atomic mass is 10.3. The monoisotopic (exact) mass is 295 g/mol. The maximum absolute atomic E-state index is 10.5. The molecule has 0 radical (unpaired) electrons. The first-order valence-electron chi connectivity index (χ1n) is 6.23. The second-order valence-electron chi connectivity index (χ2n) is 5.39. The molecule has 0 spiro atoms. The van der Waals surface area contributed by atoms with Gasteiger partial charge in [-0.1, -0.05) is 6.08 Å². The third-order valence-electron chi connectivity index (χ3n) is 2.75. The Hall–Kier alpha value is -0.470. The van der Waals surface area contributed by atoms with E-state index in [1.165, 1.54) is 0 Å². The van der Waals surface area contributed by atoms with Crippen molar-refractivity contribution >= 4 is 10.1 Å². The second kappa shape index (κ2) is 7.96. The van der Waals surface area contributed by atoms with E-state index in [0.717, 1.165) is 0 Å². The fourth-order valence-electron chi connectivity index (χ4n) is 1.71. The van der Waals surface area contributed by atoms with E-state index in [1.54, 1.807) is 6.08 Å². The lowest BCUT2D eigenvalue weighted by molar-refractivity contribution is -0.893. The van der Waals surface area contributed by atoms with Crippen molar-refractivity contribution in [3.8, 4) is 0 Å². The number of likely N-dealkylation sites (N-methyl/N-ethyl adjacent to an activating group) is 1. The van der Waals surface area contributed by atoms with Crippen LogP contribution in [-0.2, 0) is 14.9 Å². The molecule has 0 fully saturated rings. The Kier molecular flexibility index (Phi) is 7.76. The highest BCUT2D eigenvalue weighted by atomic mass is 32.2. The molecular formula is C12H25NO5S. The summed E-state index contributed by atoms with van der Waals surface area (Å²) in [6.07, 6.45) is 1.18. The molecule has 1 N–H and O–H groups in total. The van der Waals surface area contributed by atoms with Gasteiger partial charge in [0.05, 0.1) is 43.5 Å². The van der Waals surface area contributed by atoms with Crippen molar-refractivity contribution in [2.45, 2.75) is 25.6 Å². The van der Waals surface area contributed by atoms with Gasteiger partial charge in [0, 0.05) is 12.2 Å². The number of quaternary nitrogens is 1. The molecule has 114 valence electrons. The third kappa shape index (κ3) is 11.1. The van der Waals surface area contributed by atoms with Gasteiger partial charge >= 0.3 is 0 Å². The van der Waals surface area contributed by atoms with Gasteiger partial charge in [-0.3, -0.25) is 0 Å². The fourth-order valence-corrected chi connectivity index (χ4v) is 2.20. The van der Waals surface area contributed by atoms with E-state index in [1.807, 2.05) is 21.0 Å². The standard InChI is InChI=1S/C12H25NO5S/c1-5-11(2)18-10-12(14)9-13(3,4)7-6-8-19(15,16)17/h5,11-12,14H,1,6-10H2,2-4H3. The van der Waals surface area contributed by atoms with Crippen molar-refractivity contribution in [3.05, 3.63) is 12.7 Å². The molecule has 2 atom stereocenters. The molecule has 0 amide bonds. The van der Waals surface area contributed by atoms with Crippen molar-refractivity contribution in [2.75, 3.05) is 39.5 Å². The van der Waals surface area contributed by atoms with Gasteiger partial charge in [0.25, 0.3) is 0 Å². The Balaban J connectivity index is 4.03. The second-order valence-corrected chi connectivity index (χ2v) is 6.91. The zero-order valence-corrected chi connectivity index (χ0v) is 12.7. The fraction of sp³-hybridized carbons (Fsp3) is 0.833. The Bertz CT molecular complexity index is 366. The summed E-state index contributed by atoms with van der Waals surface area (Å²) < 4.78 is 37.3. The minimum atomic E-state index is -4.16. The van der Waals surface area contributed by atoms with Gasteiger partial charge in [-0.2, -0.15) is 0 Å². The summed E-state index contributed by atoms with van der Waals surface area (Å²) in [4.78, 5) is 0. The smallest absolute Gasteiger partial charge is 0.126 e. The van der Waals surface area contributed by atoms with Crippen molar-refractivity contribution in [3.63, 3.8) is 0 Å². The van der Waals surface area contributed by atoms with E-state index in [-0.39, 0.29) is 24.9 Å². The number of aliphatic hydroxyl groups excluding tert-OH is 1. The van der Waals surface area contributed by atoms with E-state index in [0.29, 0.717) is 17.6 Å².